The molecule has 0 aromatic heterocycles. The molecular weight excluding hydrogens is 509 g/mol. The fourth-order valence-corrected chi connectivity index (χ4v) is 3.98. The van der Waals surface area contributed by atoms with Gasteiger partial charge in [-0.15, -0.1) is 0 Å². The van der Waals surface area contributed by atoms with Gasteiger partial charge in [0.25, 0.3) is 5.60 Å². The number of hydrogen-bond acceptors (Lipinski definition) is 4. The Morgan fingerprint density at radius 2 is 1.62 bits per heavy atom. The molecule has 3 atom stereocenters. The zero-order valence-corrected chi connectivity index (χ0v) is 17.8. The number of nitrogens with zero attached hydrogens (tertiary/aromatic N) is 1. The zero-order valence-electron chi connectivity index (χ0n) is 15.5. The van der Waals surface area contributed by atoms with Crippen LogP contribution in [0.15, 0.2) is 41.6 Å². The maximum Gasteiger partial charge on any atom is 0.435 e. The van der Waals surface area contributed by atoms with Crippen molar-refractivity contribution >= 4 is 46.2 Å². The Kier molecular flexibility index (Phi) is 5.72. The van der Waals surface area contributed by atoms with Crippen molar-refractivity contribution in [1.82, 2.24) is 0 Å². The van der Waals surface area contributed by atoms with Crippen LogP contribution in [0, 0.1) is 0 Å². The quantitative estimate of drug-likeness (QED) is 0.352. The molecule has 0 spiro atoms. The Morgan fingerprint density at radius 1 is 0.969 bits per heavy atom. The number of halogens is 9. The highest BCUT2D eigenvalue weighted by atomic mass is 35.5. The molecule has 4 nitrogen and oxygen atoms in total. The third-order valence-electron chi connectivity index (χ3n) is 4.93. The third kappa shape index (κ3) is 4.33. The van der Waals surface area contributed by atoms with Crippen molar-refractivity contribution in [2.24, 2.45) is 5.16 Å². The van der Waals surface area contributed by atoms with Crippen molar-refractivity contribution in [1.29, 1.82) is 0 Å². The van der Waals surface area contributed by atoms with E-state index in [1.165, 1.54) is 24.3 Å². The van der Waals surface area contributed by atoms with Crippen molar-refractivity contribution in [2.75, 3.05) is 5.32 Å². The van der Waals surface area contributed by atoms with Crippen LogP contribution >= 0.6 is 34.8 Å². The monoisotopic (exact) mass is 518 g/mol. The summed E-state index contributed by atoms with van der Waals surface area (Å²) in [5, 5.41) is 6.10. The van der Waals surface area contributed by atoms with Gasteiger partial charge >= 0.3 is 12.4 Å². The third-order valence-corrected chi connectivity index (χ3v) is 5.69. The van der Waals surface area contributed by atoms with E-state index < -0.39 is 36.7 Å². The standard InChI is InChI=1S/C19H11Cl3F6N2O2/c20-10-4-9(5-11(21)6-10)17(19(26,27)28)7-14(30-32-17)8-1-2-12(22)13(3-8)29-16-15(31-16)18(23,24)25/h1-6,15-16,29H,7H2/t15-,16?,17?/m1/s1. The molecule has 0 aliphatic carbocycles. The molecule has 1 N–H and O–H groups in total. The predicted octanol–water partition coefficient (Wildman–Crippen LogP) is 6.93. The molecule has 0 saturated carbocycles. The van der Waals surface area contributed by atoms with Gasteiger partial charge in [0, 0.05) is 27.6 Å². The number of epoxide rings is 1. The van der Waals surface area contributed by atoms with Gasteiger partial charge in [0.05, 0.1) is 16.4 Å². The molecule has 1 saturated heterocycles. The molecule has 2 aliphatic heterocycles. The van der Waals surface area contributed by atoms with E-state index in [0.717, 1.165) is 12.1 Å². The number of anilines is 1. The van der Waals surface area contributed by atoms with Crippen molar-refractivity contribution in [2.45, 2.75) is 36.7 Å². The first-order chi connectivity index (χ1) is 14.8. The second kappa shape index (κ2) is 7.86. The second-order valence-electron chi connectivity index (χ2n) is 7.15. The minimum atomic E-state index is -4.89. The molecular formula is C19H11Cl3F6N2O2. The number of hydrogen-bond donors (Lipinski definition) is 1. The first-order valence-corrected chi connectivity index (χ1v) is 10.0. The van der Waals surface area contributed by atoms with Crippen LogP contribution in [0.4, 0.5) is 32.0 Å². The van der Waals surface area contributed by atoms with Crippen LogP contribution in [0.5, 0.6) is 0 Å². The average Bonchev–Trinajstić information content (AvgIpc) is 3.29. The summed E-state index contributed by atoms with van der Waals surface area (Å²) in [6.07, 6.45) is -13.5. The highest BCUT2D eigenvalue weighted by Gasteiger charge is 2.62. The van der Waals surface area contributed by atoms with Gasteiger partial charge in [-0.1, -0.05) is 46.0 Å². The lowest BCUT2D eigenvalue weighted by molar-refractivity contribution is -0.275. The number of oxime groups is 1. The highest BCUT2D eigenvalue weighted by Crippen LogP contribution is 2.50. The molecule has 1 fully saturated rings. The summed E-state index contributed by atoms with van der Waals surface area (Å²) >= 11 is 17.8. The lowest BCUT2D eigenvalue weighted by Gasteiger charge is -2.29. The number of rotatable bonds is 4. The summed E-state index contributed by atoms with van der Waals surface area (Å²) in [6.45, 7) is 0. The SMILES string of the molecule is FC(F)(F)[C@@H]1OC1Nc1cc(C2=NOC(c3cc(Cl)cc(Cl)c3)(C(F)(F)F)C2)ccc1Cl. The summed E-state index contributed by atoms with van der Waals surface area (Å²) in [6, 6.07) is 7.40. The van der Waals surface area contributed by atoms with Crippen LogP contribution in [0.25, 0.3) is 0 Å². The van der Waals surface area contributed by atoms with Crippen molar-refractivity contribution in [3.63, 3.8) is 0 Å². The Hall–Kier alpha value is -1.88. The van der Waals surface area contributed by atoms with Crippen LogP contribution in [-0.4, -0.2) is 30.4 Å². The van der Waals surface area contributed by atoms with Gasteiger partial charge in [0.15, 0.2) is 12.3 Å². The van der Waals surface area contributed by atoms with Gasteiger partial charge in [-0.2, -0.15) is 26.3 Å². The van der Waals surface area contributed by atoms with E-state index in [2.05, 4.69) is 15.2 Å². The number of alkyl halides is 6. The van der Waals surface area contributed by atoms with Crippen LogP contribution in [0.3, 0.4) is 0 Å². The van der Waals surface area contributed by atoms with E-state index in [9.17, 15) is 26.3 Å². The maximum atomic E-state index is 14.1. The minimum Gasteiger partial charge on any atom is -0.374 e. The fourth-order valence-electron chi connectivity index (χ4n) is 3.29. The average molecular weight is 520 g/mol. The fraction of sp³-hybridized carbons (Fsp3) is 0.316. The van der Waals surface area contributed by atoms with E-state index in [-0.39, 0.29) is 37.6 Å². The molecule has 32 heavy (non-hydrogen) atoms. The minimum absolute atomic E-state index is 0.0187. The first kappa shape index (κ1) is 23.3. The molecule has 2 unspecified atom stereocenters. The van der Waals surface area contributed by atoms with Crippen molar-refractivity contribution < 1.29 is 35.9 Å². The summed E-state index contributed by atoms with van der Waals surface area (Å²) in [5.41, 5.74) is -3.07. The summed E-state index contributed by atoms with van der Waals surface area (Å²) in [4.78, 5) is 4.91. The number of ether oxygens (including phenoxy) is 1. The molecule has 0 amide bonds. The Bertz CT molecular complexity index is 1070. The smallest absolute Gasteiger partial charge is 0.374 e. The molecule has 4 rings (SSSR count). The number of benzene rings is 2. The number of nitrogens with one attached hydrogen (secondary N) is 1. The van der Waals surface area contributed by atoms with E-state index >= 15 is 0 Å². The molecule has 13 heteroatoms. The van der Waals surface area contributed by atoms with Gasteiger partial charge in [0.2, 0.25) is 0 Å². The summed E-state index contributed by atoms with van der Waals surface area (Å²) in [7, 11) is 0. The predicted molar refractivity (Wildman–Crippen MR) is 106 cm³/mol. The van der Waals surface area contributed by atoms with Gasteiger partial charge in [0.1, 0.15) is 0 Å². The Morgan fingerprint density at radius 3 is 2.19 bits per heavy atom. The van der Waals surface area contributed by atoms with Crippen LogP contribution in [0.1, 0.15) is 17.5 Å². The van der Waals surface area contributed by atoms with Gasteiger partial charge in [-0.25, -0.2) is 0 Å². The van der Waals surface area contributed by atoms with Crippen LogP contribution in [0.2, 0.25) is 15.1 Å². The Labute approximate surface area is 192 Å². The summed E-state index contributed by atoms with van der Waals surface area (Å²) < 4.78 is 84.8. The molecule has 0 bridgehead atoms. The lowest BCUT2D eigenvalue weighted by atomic mass is 9.86. The van der Waals surface area contributed by atoms with Crippen molar-refractivity contribution in [3.05, 3.63) is 62.6 Å². The van der Waals surface area contributed by atoms with E-state index in [1.54, 1.807) is 0 Å². The maximum absolute atomic E-state index is 14.1. The van der Waals surface area contributed by atoms with Gasteiger partial charge in [-0.3, -0.25) is 0 Å². The molecule has 2 aromatic carbocycles. The van der Waals surface area contributed by atoms with E-state index in [1.807, 2.05) is 0 Å². The highest BCUT2D eigenvalue weighted by molar-refractivity contribution is 6.34. The summed E-state index contributed by atoms with van der Waals surface area (Å²) in [5.74, 6) is 0. The topological polar surface area (TPSA) is 46.2 Å². The molecule has 0 radical (unpaired) electrons. The molecule has 2 aromatic rings. The van der Waals surface area contributed by atoms with Crippen LogP contribution < -0.4 is 5.32 Å². The molecule has 2 heterocycles. The second-order valence-corrected chi connectivity index (χ2v) is 8.43. The van der Waals surface area contributed by atoms with E-state index in [4.69, 9.17) is 39.6 Å². The van der Waals surface area contributed by atoms with Gasteiger partial charge in [-0.05, 0) is 30.3 Å². The molecule has 172 valence electrons. The van der Waals surface area contributed by atoms with E-state index in [0.29, 0.717) is 0 Å². The normalized spacial score (nSPS) is 25.3. The first-order valence-electron chi connectivity index (χ1n) is 8.87. The zero-order chi connectivity index (χ0) is 23.5. The molecule has 2 aliphatic rings. The van der Waals surface area contributed by atoms with Crippen LogP contribution in [-0.2, 0) is 15.2 Å². The lowest BCUT2D eigenvalue weighted by Crippen LogP contribution is -2.42. The van der Waals surface area contributed by atoms with Gasteiger partial charge < -0.3 is 14.9 Å². The van der Waals surface area contributed by atoms with Crippen molar-refractivity contribution in [3.8, 4) is 0 Å². The largest absolute Gasteiger partial charge is 0.435 e. The Balaban J connectivity index is 1.62.